The van der Waals surface area contributed by atoms with Gasteiger partial charge >= 0.3 is 0 Å². The summed E-state index contributed by atoms with van der Waals surface area (Å²) in [7, 11) is 1.73. The molecule has 8 nitrogen and oxygen atoms in total. The number of carbonyl (C=O) groups excluding carboxylic acids is 1. The van der Waals surface area contributed by atoms with E-state index >= 15 is 0 Å². The molecule has 8 heteroatoms. The number of benzene rings is 1. The monoisotopic (exact) mass is 325 g/mol. The van der Waals surface area contributed by atoms with Crippen LogP contribution in [0.4, 0.5) is 0 Å². The second kappa shape index (κ2) is 7.05. The average Bonchev–Trinajstić information content (AvgIpc) is 3.25. The number of nitrogens with two attached hydrogens (primary N) is 1. The van der Waals surface area contributed by atoms with Gasteiger partial charge in [-0.25, -0.2) is 4.68 Å². The standard InChI is InChI=1S/C16H19N7O/c1-21(16(24)15-12-22(8-7-17)20-19-15)10-13-9-18-23(11-13)14-5-3-2-4-6-14/h2-6,9,11-12H,7-8,10,17H2,1H3. The predicted octanol–water partition coefficient (Wildman–Crippen LogP) is 0.695. The van der Waals surface area contributed by atoms with E-state index < -0.39 is 0 Å². The molecule has 3 aromatic rings. The van der Waals surface area contributed by atoms with Gasteiger partial charge in [-0.05, 0) is 12.1 Å². The normalized spacial score (nSPS) is 10.8. The van der Waals surface area contributed by atoms with E-state index in [0.29, 0.717) is 25.3 Å². The van der Waals surface area contributed by atoms with Crippen LogP contribution in [0.5, 0.6) is 0 Å². The van der Waals surface area contributed by atoms with E-state index in [2.05, 4.69) is 15.4 Å². The molecule has 0 unspecified atom stereocenters. The Hall–Kier alpha value is -3.00. The molecule has 0 bridgehead atoms. The number of hydrogen-bond donors (Lipinski definition) is 1. The van der Waals surface area contributed by atoms with Crippen molar-refractivity contribution in [2.24, 2.45) is 5.73 Å². The maximum atomic E-state index is 12.4. The van der Waals surface area contributed by atoms with Crippen molar-refractivity contribution in [1.82, 2.24) is 29.7 Å². The predicted molar refractivity (Wildman–Crippen MR) is 88.4 cm³/mol. The smallest absolute Gasteiger partial charge is 0.276 e. The van der Waals surface area contributed by atoms with Crippen molar-refractivity contribution in [2.75, 3.05) is 13.6 Å². The molecule has 2 aromatic heterocycles. The van der Waals surface area contributed by atoms with Gasteiger partial charge in [0.1, 0.15) is 0 Å². The minimum atomic E-state index is -0.189. The maximum absolute atomic E-state index is 12.4. The second-order valence-electron chi connectivity index (χ2n) is 5.45. The fraction of sp³-hybridized carbons (Fsp3) is 0.250. The molecule has 0 aliphatic heterocycles. The molecular formula is C16H19N7O. The highest BCUT2D eigenvalue weighted by Crippen LogP contribution is 2.10. The topological polar surface area (TPSA) is 94.9 Å². The molecule has 0 saturated heterocycles. The summed E-state index contributed by atoms with van der Waals surface area (Å²) in [6.07, 6.45) is 5.27. The molecule has 0 atom stereocenters. The maximum Gasteiger partial charge on any atom is 0.276 e. The number of amides is 1. The third kappa shape index (κ3) is 3.49. The quantitative estimate of drug-likeness (QED) is 0.719. The first-order valence-electron chi connectivity index (χ1n) is 7.62. The van der Waals surface area contributed by atoms with Crippen molar-refractivity contribution in [1.29, 1.82) is 0 Å². The average molecular weight is 325 g/mol. The molecule has 2 N–H and O–H groups in total. The summed E-state index contributed by atoms with van der Waals surface area (Å²) in [6, 6.07) is 9.81. The highest BCUT2D eigenvalue weighted by atomic mass is 16.2. The van der Waals surface area contributed by atoms with Gasteiger partial charge in [-0.15, -0.1) is 5.10 Å². The van der Waals surface area contributed by atoms with Crippen LogP contribution in [-0.2, 0) is 13.1 Å². The van der Waals surface area contributed by atoms with Crippen LogP contribution in [0, 0.1) is 0 Å². The van der Waals surface area contributed by atoms with Crippen molar-refractivity contribution in [3.8, 4) is 5.69 Å². The Balaban J connectivity index is 1.67. The largest absolute Gasteiger partial charge is 0.336 e. The molecule has 1 amide bonds. The number of carbonyl (C=O) groups is 1. The first-order chi connectivity index (χ1) is 11.7. The van der Waals surface area contributed by atoms with Crippen molar-refractivity contribution >= 4 is 5.91 Å². The fourth-order valence-corrected chi connectivity index (χ4v) is 2.34. The van der Waals surface area contributed by atoms with Gasteiger partial charge in [0.05, 0.1) is 24.6 Å². The van der Waals surface area contributed by atoms with Crippen molar-refractivity contribution < 1.29 is 4.79 Å². The minimum Gasteiger partial charge on any atom is -0.336 e. The van der Waals surface area contributed by atoms with Gasteiger partial charge in [-0.3, -0.25) is 9.48 Å². The first kappa shape index (κ1) is 15.9. The van der Waals surface area contributed by atoms with Crippen molar-refractivity contribution in [2.45, 2.75) is 13.1 Å². The highest BCUT2D eigenvalue weighted by molar-refractivity contribution is 5.91. The van der Waals surface area contributed by atoms with Gasteiger partial charge in [0, 0.05) is 31.9 Å². The van der Waals surface area contributed by atoms with Crippen LogP contribution in [0.2, 0.25) is 0 Å². The Morgan fingerprint density at radius 3 is 2.79 bits per heavy atom. The SMILES string of the molecule is CN(Cc1cnn(-c2ccccc2)c1)C(=O)c1cn(CCN)nn1. The van der Waals surface area contributed by atoms with Gasteiger partial charge in [-0.2, -0.15) is 5.10 Å². The minimum absolute atomic E-state index is 0.189. The number of hydrogen-bond acceptors (Lipinski definition) is 5. The Bertz CT molecular complexity index is 809. The van der Waals surface area contributed by atoms with Crippen LogP contribution in [0.3, 0.4) is 0 Å². The van der Waals surface area contributed by atoms with Crippen molar-refractivity contribution in [3.63, 3.8) is 0 Å². The van der Waals surface area contributed by atoms with Gasteiger partial charge < -0.3 is 10.6 Å². The highest BCUT2D eigenvalue weighted by Gasteiger charge is 2.16. The zero-order chi connectivity index (χ0) is 16.9. The Kier molecular flexibility index (Phi) is 4.66. The molecular weight excluding hydrogens is 306 g/mol. The molecule has 2 heterocycles. The molecule has 0 fully saturated rings. The van der Waals surface area contributed by atoms with Crippen LogP contribution >= 0.6 is 0 Å². The molecule has 3 rings (SSSR count). The van der Waals surface area contributed by atoms with Crippen LogP contribution in [0.15, 0.2) is 48.9 Å². The molecule has 124 valence electrons. The van der Waals surface area contributed by atoms with Crippen LogP contribution in [-0.4, -0.2) is 49.2 Å². The third-order valence-electron chi connectivity index (χ3n) is 3.54. The lowest BCUT2D eigenvalue weighted by molar-refractivity contribution is 0.0779. The van der Waals surface area contributed by atoms with Gasteiger partial charge in [0.15, 0.2) is 5.69 Å². The number of rotatable bonds is 6. The molecule has 0 saturated carbocycles. The van der Waals surface area contributed by atoms with E-state index in [-0.39, 0.29) is 5.91 Å². The van der Waals surface area contributed by atoms with Crippen LogP contribution in [0.1, 0.15) is 16.1 Å². The van der Waals surface area contributed by atoms with E-state index in [4.69, 9.17) is 5.73 Å². The summed E-state index contributed by atoms with van der Waals surface area (Å²) in [4.78, 5) is 14.0. The van der Waals surface area contributed by atoms with Crippen LogP contribution < -0.4 is 5.73 Å². The Morgan fingerprint density at radius 1 is 1.25 bits per heavy atom. The molecule has 0 radical (unpaired) electrons. The molecule has 0 aliphatic carbocycles. The van der Waals surface area contributed by atoms with E-state index in [1.165, 1.54) is 0 Å². The summed E-state index contributed by atoms with van der Waals surface area (Å²) < 4.78 is 3.35. The molecule has 1 aromatic carbocycles. The lowest BCUT2D eigenvalue weighted by atomic mass is 10.3. The number of nitrogens with zero attached hydrogens (tertiary/aromatic N) is 6. The van der Waals surface area contributed by atoms with E-state index in [9.17, 15) is 4.79 Å². The zero-order valence-corrected chi connectivity index (χ0v) is 13.4. The lowest BCUT2D eigenvalue weighted by Crippen LogP contribution is -2.26. The van der Waals surface area contributed by atoms with E-state index in [1.807, 2.05) is 36.5 Å². The van der Waals surface area contributed by atoms with Gasteiger partial charge in [0.2, 0.25) is 0 Å². The summed E-state index contributed by atoms with van der Waals surface area (Å²) in [5.74, 6) is -0.189. The molecule has 24 heavy (non-hydrogen) atoms. The lowest BCUT2D eigenvalue weighted by Gasteiger charge is -2.14. The summed E-state index contributed by atoms with van der Waals surface area (Å²) >= 11 is 0. The summed E-state index contributed by atoms with van der Waals surface area (Å²) in [6.45, 7) is 1.43. The summed E-state index contributed by atoms with van der Waals surface area (Å²) in [5.41, 5.74) is 7.68. The third-order valence-corrected chi connectivity index (χ3v) is 3.54. The van der Waals surface area contributed by atoms with Gasteiger partial charge in [0.25, 0.3) is 5.91 Å². The molecule has 0 aliphatic rings. The zero-order valence-electron chi connectivity index (χ0n) is 13.4. The number of para-hydroxylation sites is 1. The summed E-state index contributed by atoms with van der Waals surface area (Å²) in [5, 5.41) is 12.1. The fourth-order valence-electron chi connectivity index (χ4n) is 2.34. The Labute approximate surface area is 139 Å². The first-order valence-corrected chi connectivity index (χ1v) is 7.62. The van der Waals surface area contributed by atoms with E-state index in [0.717, 1.165) is 11.3 Å². The van der Waals surface area contributed by atoms with Gasteiger partial charge in [-0.1, -0.05) is 23.4 Å². The Morgan fingerprint density at radius 2 is 2.04 bits per heavy atom. The van der Waals surface area contributed by atoms with Crippen LogP contribution in [0.25, 0.3) is 5.69 Å². The molecule has 0 spiro atoms. The van der Waals surface area contributed by atoms with E-state index in [1.54, 1.807) is 33.7 Å². The van der Waals surface area contributed by atoms with Crippen molar-refractivity contribution in [3.05, 3.63) is 60.2 Å². The number of aromatic nitrogens is 5. The second-order valence-corrected chi connectivity index (χ2v) is 5.45.